The van der Waals surface area contributed by atoms with Crippen molar-refractivity contribution in [1.82, 2.24) is 15.3 Å². The molecule has 7 nitrogen and oxygen atoms in total. The van der Waals surface area contributed by atoms with Crippen LogP contribution in [0.4, 0.5) is 15.8 Å². The molecule has 3 aromatic rings. The third kappa shape index (κ3) is 4.31. The van der Waals surface area contributed by atoms with Gasteiger partial charge < -0.3 is 16.0 Å². The average molecular weight is 373 g/mol. The molecule has 0 bridgehead atoms. The predicted octanol–water partition coefficient (Wildman–Crippen LogP) is 2.31. The van der Waals surface area contributed by atoms with E-state index in [-0.39, 0.29) is 17.7 Å². The molecular formula is C17H16FN5O2S. The summed E-state index contributed by atoms with van der Waals surface area (Å²) in [5, 5.41) is 8.70. The van der Waals surface area contributed by atoms with E-state index in [0.717, 1.165) is 16.8 Å². The second-order valence-corrected chi connectivity index (χ2v) is 6.65. The van der Waals surface area contributed by atoms with E-state index in [1.807, 2.05) is 0 Å². The summed E-state index contributed by atoms with van der Waals surface area (Å²) in [6.07, 6.45) is 3.30. The van der Waals surface area contributed by atoms with Gasteiger partial charge >= 0.3 is 11.8 Å². The zero-order valence-corrected chi connectivity index (χ0v) is 14.7. The Hall–Kier alpha value is -3.07. The van der Waals surface area contributed by atoms with Crippen molar-refractivity contribution in [1.29, 1.82) is 0 Å². The number of hydrogen-bond acceptors (Lipinski definition) is 6. The Balaban J connectivity index is 1.52. The summed E-state index contributed by atoms with van der Waals surface area (Å²) in [6, 6.07) is 6.33. The minimum Gasteiger partial charge on any atom is -0.383 e. The summed E-state index contributed by atoms with van der Waals surface area (Å²) in [4.78, 5) is 31.8. The van der Waals surface area contributed by atoms with Crippen molar-refractivity contribution < 1.29 is 14.0 Å². The van der Waals surface area contributed by atoms with Gasteiger partial charge in [-0.1, -0.05) is 0 Å². The fourth-order valence-corrected chi connectivity index (χ4v) is 3.17. The van der Waals surface area contributed by atoms with E-state index in [1.165, 1.54) is 11.3 Å². The van der Waals surface area contributed by atoms with E-state index >= 15 is 0 Å². The maximum absolute atomic E-state index is 14.0. The van der Waals surface area contributed by atoms with Crippen molar-refractivity contribution in [3.05, 3.63) is 47.5 Å². The fraction of sp³-hybridized carbons (Fsp3) is 0.176. The fourth-order valence-electron chi connectivity index (χ4n) is 2.29. The second-order valence-electron chi connectivity index (χ2n) is 5.41. The number of hydrogen-bond donors (Lipinski definition) is 3. The monoisotopic (exact) mass is 373 g/mol. The zero-order chi connectivity index (χ0) is 18.5. The van der Waals surface area contributed by atoms with Crippen LogP contribution in [0, 0.1) is 12.7 Å². The maximum atomic E-state index is 14.0. The first-order chi connectivity index (χ1) is 12.5. The van der Waals surface area contributed by atoms with Crippen molar-refractivity contribution in [3.63, 3.8) is 0 Å². The molecule has 0 saturated heterocycles. The Bertz CT molecular complexity index is 945. The third-order valence-corrected chi connectivity index (χ3v) is 4.36. The van der Waals surface area contributed by atoms with Gasteiger partial charge in [0.15, 0.2) is 5.82 Å². The largest absolute Gasteiger partial charge is 0.383 e. The Kier molecular flexibility index (Phi) is 5.37. The van der Waals surface area contributed by atoms with Crippen LogP contribution in [0.15, 0.2) is 36.7 Å². The van der Waals surface area contributed by atoms with Crippen LogP contribution < -0.4 is 16.0 Å². The van der Waals surface area contributed by atoms with Crippen molar-refractivity contribution in [2.75, 3.05) is 23.7 Å². The van der Waals surface area contributed by atoms with Crippen molar-refractivity contribution in [3.8, 4) is 0 Å². The summed E-state index contributed by atoms with van der Waals surface area (Å²) in [5.41, 5.74) is 1.34. The number of halogens is 1. The maximum Gasteiger partial charge on any atom is 0.313 e. The number of thiazole rings is 1. The number of amides is 2. The summed E-state index contributed by atoms with van der Waals surface area (Å²) in [6.45, 7) is 2.48. The highest BCUT2D eigenvalue weighted by Gasteiger charge is 2.15. The smallest absolute Gasteiger partial charge is 0.313 e. The third-order valence-electron chi connectivity index (χ3n) is 3.44. The van der Waals surface area contributed by atoms with E-state index in [9.17, 15) is 14.0 Å². The lowest BCUT2D eigenvalue weighted by atomic mass is 10.3. The predicted molar refractivity (Wildman–Crippen MR) is 98.7 cm³/mol. The topological polar surface area (TPSA) is 96.0 Å². The van der Waals surface area contributed by atoms with Gasteiger partial charge in [0.25, 0.3) is 0 Å². The number of carbonyl (C=O) groups excluding carboxylic acids is 2. The van der Waals surface area contributed by atoms with Crippen molar-refractivity contribution in [2.24, 2.45) is 0 Å². The summed E-state index contributed by atoms with van der Waals surface area (Å²) in [7, 11) is 0. The van der Waals surface area contributed by atoms with E-state index in [0.29, 0.717) is 11.2 Å². The number of benzene rings is 1. The number of fused-ring (bicyclic) bond motifs is 1. The molecule has 0 radical (unpaired) electrons. The molecule has 0 spiro atoms. The first-order valence-electron chi connectivity index (χ1n) is 7.82. The van der Waals surface area contributed by atoms with Crippen LogP contribution in [0.25, 0.3) is 10.2 Å². The average Bonchev–Trinajstić information content (AvgIpc) is 3.00. The molecule has 2 aromatic heterocycles. The molecule has 3 N–H and O–H groups in total. The quantitative estimate of drug-likeness (QED) is 0.471. The first kappa shape index (κ1) is 17.7. The molecule has 0 fully saturated rings. The molecule has 9 heteroatoms. The molecule has 0 aliphatic rings. The number of rotatable bonds is 5. The van der Waals surface area contributed by atoms with Crippen molar-refractivity contribution in [2.45, 2.75) is 6.92 Å². The van der Waals surface area contributed by atoms with Crippen LogP contribution in [0.1, 0.15) is 5.01 Å². The number of aromatic nitrogens is 2. The lowest BCUT2D eigenvalue weighted by molar-refractivity contribution is -0.136. The Morgan fingerprint density at radius 1 is 1.12 bits per heavy atom. The number of anilines is 2. The minimum absolute atomic E-state index is 0.216. The molecule has 0 aliphatic carbocycles. The Labute approximate surface area is 152 Å². The van der Waals surface area contributed by atoms with Gasteiger partial charge in [0.1, 0.15) is 5.52 Å². The molecule has 2 heterocycles. The lowest BCUT2D eigenvalue weighted by Gasteiger charge is -2.08. The van der Waals surface area contributed by atoms with Crippen LogP contribution in [-0.2, 0) is 9.59 Å². The summed E-state index contributed by atoms with van der Waals surface area (Å²) >= 11 is 1.32. The molecule has 0 unspecified atom stereocenters. The standard InChI is InChI=1S/C17H16FN5O2S/c1-10-22-15-13(18)8-12(9-14(15)26-10)23-17(25)16(24)21-7-6-20-11-2-4-19-5-3-11/h2-5,8-9H,6-7H2,1H3,(H,19,20)(H,21,24)(H,23,25). The highest BCUT2D eigenvalue weighted by Crippen LogP contribution is 2.27. The minimum atomic E-state index is -0.853. The van der Waals surface area contributed by atoms with Gasteiger partial charge in [-0.3, -0.25) is 14.6 Å². The SMILES string of the molecule is Cc1nc2c(F)cc(NC(=O)C(=O)NCCNc3ccncc3)cc2s1. The molecule has 0 aliphatic heterocycles. The normalized spacial score (nSPS) is 10.5. The van der Waals surface area contributed by atoms with Crippen LogP contribution in [0.5, 0.6) is 0 Å². The van der Waals surface area contributed by atoms with E-state index in [4.69, 9.17) is 0 Å². The number of nitrogens with one attached hydrogen (secondary N) is 3. The highest BCUT2D eigenvalue weighted by atomic mass is 32.1. The summed E-state index contributed by atoms with van der Waals surface area (Å²) in [5.74, 6) is -2.18. The molecular weight excluding hydrogens is 357 g/mol. The van der Waals surface area contributed by atoms with Gasteiger partial charge in [-0.15, -0.1) is 11.3 Å². The van der Waals surface area contributed by atoms with Crippen LogP contribution >= 0.6 is 11.3 Å². The molecule has 1 aromatic carbocycles. The van der Waals surface area contributed by atoms with Crippen LogP contribution in [0.2, 0.25) is 0 Å². The number of aryl methyl sites for hydroxylation is 1. The molecule has 0 atom stereocenters. The zero-order valence-electron chi connectivity index (χ0n) is 13.9. The molecule has 2 amide bonds. The van der Waals surface area contributed by atoms with Gasteiger partial charge in [0.2, 0.25) is 0 Å². The van der Waals surface area contributed by atoms with Gasteiger partial charge in [0, 0.05) is 36.9 Å². The molecule has 3 rings (SSSR count). The van der Waals surface area contributed by atoms with Gasteiger partial charge in [-0.25, -0.2) is 9.37 Å². The van der Waals surface area contributed by atoms with Gasteiger partial charge in [-0.05, 0) is 31.2 Å². The first-order valence-corrected chi connectivity index (χ1v) is 8.64. The number of pyridine rings is 1. The Morgan fingerprint density at radius 2 is 1.88 bits per heavy atom. The van der Waals surface area contributed by atoms with E-state index < -0.39 is 17.6 Å². The molecule has 26 heavy (non-hydrogen) atoms. The molecule has 134 valence electrons. The van der Waals surface area contributed by atoms with Crippen molar-refractivity contribution >= 4 is 44.7 Å². The van der Waals surface area contributed by atoms with E-state index in [2.05, 4.69) is 25.9 Å². The number of nitrogens with zero attached hydrogens (tertiary/aromatic N) is 2. The van der Waals surface area contributed by atoms with E-state index in [1.54, 1.807) is 37.5 Å². The second kappa shape index (κ2) is 7.87. The highest BCUT2D eigenvalue weighted by molar-refractivity contribution is 7.18. The lowest BCUT2D eigenvalue weighted by Crippen LogP contribution is -2.37. The van der Waals surface area contributed by atoms with Gasteiger partial charge in [-0.2, -0.15) is 0 Å². The number of carbonyl (C=O) groups is 2. The van der Waals surface area contributed by atoms with Crippen LogP contribution in [0.3, 0.4) is 0 Å². The summed E-state index contributed by atoms with van der Waals surface area (Å²) < 4.78 is 14.6. The van der Waals surface area contributed by atoms with Crippen LogP contribution in [-0.4, -0.2) is 34.9 Å². The van der Waals surface area contributed by atoms with Gasteiger partial charge in [0.05, 0.1) is 9.71 Å². The molecule has 0 saturated carbocycles. The Morgan fingerprint density at radius 3 is 2.65 bits per heavy atom.